The first-order valence-electron chi connectivity index (χ1n) is 4.00. The minimum absolute atomic E-state index is 0.277. The van der Waals surface area contributed by atoms with Crippen molar-refractivity contribution in [2.45, 2.75) is 12.8 Å². The van der Waals surface area contributed by atoms with Gasteiger partial charge < -0.3 is 10.6 Å². The maximum absolute atomic E-state index is 10.8. The van der Waals surface area contributed by atoms with Crippen LogP contribution in [0.15, 0.2) is 11.6 Å². The third-order valence-electron chi connectivity index (χ3n) is 2.57. The van der Waals surface area contributed by atoms with E-state index in [2.05, 4.69) is 6.08 Å². The van der Waals surface area contributed by atoms with Gasteiger partial charge in [-0.05, 0) is 24.3 Å². The van der Waals surface area contributed by atoms with Gasteiger partial charge in [-0.3, -0.25) is 0 Å². The zero-order valence-corrected chi connectivity index (χ0v) is 6.42. The molecule has 0 bridgehead atoms. The number of carbonyl (C=O) groups is 1. The van der Waals surface area contributed by atoms with E-state index in [9.17, 15) is 4.79 Å². The van der Waals surface area contributed by atoms with Crippen LogP contribution in [0.25, 0.3) is 0 Å². The highest BCUT2D eigenvalue weighted by Gasteiger charge is 2.31. The summed E-state index contributed by atoms with van der Waals surface area (Å²) >= 11 is 0. The highest BCUT2D eigenvalue weighted by Crippen LogP contribution is 2.32. The lowest BCUT2D eigenvalue weighted by atomic mass is 10.1. The lowest BCUT2D eigenvalue weighted by Gasteiger charge is -2.11. The van der Waals surface area contributed by atoms with Gasteiger partial charge >= 0.3 is 6.03 Å². The van der Waals surface area contributed by atoms with Crippen LogP contribution >= 0.6 is 0 Å². The molecule has 2 aliphatic rings. The average Bonchev–Trinajstić information content (AvgIpc) is 2.40. The fraction of sp³-hybridized carbons (Fsp3) is 0.625. The SMILES string of the molecule is NC(=O)N1CC2=CCCC2C1. The van der Waals surface area contributed by atoms with E-state index >= 15 is 0 Å². The first kappa shape index (κ1) is 6.70. The minimum atomic E-state index is -0.277. The predicted molar refractivity (Wildman–Crippen MR) is 42.0 cm³/mol. The van der Waals surface area contributed by atoms with Crippen LogP contribution in [0, 0.1) is 5.92 Å². The Bertz CT molecular complexity index is 222. The summed E-state index contributed by atoms with van der Waals surface area (Å²) in [6.07, 6.45) is 4.64. The van der Waals surface area contributed by atoms with Crippen LogP contribution in [-0.2, 0) is 0 Å². The molecule has 0 saturated carbocycles. The van der Waals surface area contributed by atoms with E-state index in [0.717, 1.165) is 13.1 Å². The second-order valence-electron chi connectivity index (χ2n) is 3.27. The van der Waals surface area contributed by atoms with Crippen LogP contribution in [0.3, 0.4) is 0 Å². The number of carbonyl (C=O) groups excluding carboxylic acids is 1. The summed E-state index contributed by atoms with van der Waals surface area (Å²) in [4.78, 5) is 12.5. The molecule has 0 radical (unpaired) electrons. The molecule has 3 heteroatoms. The van der Waals surface area contributed by atoms with E-state index in [-0.39, 0.29) is 6.03 Å². The number of urea groups is 1. The van der Waals surface area contributed by atoms with Gasteiger partial charge in [-0.15, -0.1) is 0 Å². The molecule has 1 heterocycles. The maximum atomic E-state index is 10.8. The van der Waals surface area contributed by atoms with Crippen molar-refractivity contribution in [3.8, 4) is 0 Å². The Balaban J connectivity index is 2.09. The topological polar surface area (TPSA) is 46.3 Å². The molecule has 60 valence electrons. The number of likely N-dealkylation sites (tertiary alicyclic amines) is 1. The van der Waals surface area contributed by atoms with Gasteiger partial charge in [0.05, 0.1) is 0 Å². The zero-order valence-electron chi connectivity index (χ0n) is 6.42. The second kappa shape index (κ2) is 2.26. The molecule has 2 amide bonds. The molecule has 1 aliphatic heterocycles. The third kappa shape index (κ3) is 1.00. The highest BCUT2D eigenvalue weighted by atomic mass is 16.2. The molecule has 11 heavy (non-hydrogen) atoms. The Hall–Kier alpha value is -0.990. The number of allylic oxidation sites excluding steroid dienone is 1. The molecule has 3 nitrogen and oxygen atoms in total. The summed E-state index contributed by atoms with van der Waals surface area (Å²) in [6.45, 7) is 1.63. The van der Waals surface area contributed by atoms with Gasteiger partial charge in [-0.2, -0.15) is 0 Å². The van der Waals surface area contributed by atoms with Gasteiger partial charge in [0, 0.05) is 13.1 Å². The van der Waals surface area contributed by atoms with Gasteiger partial charge in [0.15, 0.2) is 0 Å². The molecule has 0 aromatic heterocycles. The molecule has 1 fully saturated rings. The molecule has 0 spiro atoms. The smallest absolute Gasteiger partial charge is 0.315 e. The largest absolute Gasteiger partial charge is 0.351 e. The van der Waals surface area contributed by atoms with Gasteiger partial charge in [0.1, 0.15) is 0 Å². The van der Waals surface area contributed by atoms with Crippen molar-refractivity contribution < 1.29 is 4.79 Å². The van der Waals surface area contributed by atoms with Crippen molar-refractivity contribution in [3.63, 3.8) is 0 Å². The van der Waals surface area contributed by atoms with E-state index < -0.39 is 0 Å². The van der Waals surface area contributed by atoms with Crippen molar-refractivity contribution >= 4 is 6.03 Å². The van der Waals surface area contributed by atoms with Gasteiger partial charge in [-0.1, -0.05) is 6.08 Å². The lowest BCUT2D eigenvalue weighted by Crippen LogP contribution is -2.33. The van der Waals surface area contributed by atoms with Gasteiger partial charge in [0.2, 0.25) is 0 Å². The average molecular weight is 152 g/mol. The van der Waals surface area contributed by atoms with Crippen molar-refractivity contribution in [1.82, 2.24) is 4.90 Å². The van der Waals surface area contributed by atoms with E-state index in [0.29, 0.717) is 5.92 Å². The number of rotatable bonds is 0. The summed E-state index contributed by atoms with van der Waals surface area (Å²) in [6, 6.07) is -0.277. The number of amides is 2. The molecule has 1 unspecified atom stereocenters. The minimum Gasteiger partial charge on any atom is -0.351 e. The molecule has 1 saturated heterocycles. The monoisotopic (exact) mass is 152 g/mol. The number of hydrogen-bond acceptors (Lipinski definition) is 1. The first-order chi connectivity index (χ1) is 5.27. The highest BCUT2D eigenvalue weighted by molar-refractivity contribution is 5.73. The molecular formula is C8H12N2O. The van der Waals surface area contributed by atoms with E-state index in [1.54, 1.807) is 4.90 Å². The Labute approximate surface area is 65.9 Å². The maximum Gasteiger partial charge on any atom is 0.315 e. The third-order valence-corrected chi connectivity index (χ3v) is 2.57. The van der Waals surface area contributed by atoms with Crippen LogP contribution in [0.2, 0.25) is 0 Å². The summed E-state index contributed by atoms with van der Waals surface area (Å²) in [5, 5.41) is 0. The fourth-order valence-electron chi connectivity index (χ4n) is 1.94. The first-order valence-corrected chi connectivity index (χ1v) is 4.00. The Morgan fingerprint density at radius 1 is 1.73 bits per heavy atom. The van der Waals surface area contributed by atoms with Gasteiger partial charge in [-0.25, -0.2) is 4.79 Å². The zero-order chi connectivity index (χ0) is 7.84. The Kier molecular flexibility index (Phi) is 1.37. The number of primary amides is 1. The molecule has 1 aliphatic carbocycles. The van der Waals surface area contributed by atoms with Crippen molar-refractivity contribution in [1.29, 1.82) is 0 Å². The van der Waals surface area contributed by atoms with Crippen molar-refractivity contribution in [2.24, 2.45) is 11.7 Å². The summed E-state index contributed by atoms with van der Waals surface area (Å²) in [5.41, 5.74) is 6.58. The lowest BCUT2D eigenvalue weighted by molar-refractivity contribution is 0.216. The van der Waals surface area contributed by atoms with Crippen LogP contribution < -0.4 is 5.73 Å². The number of nitrogens with two attached hydrogens (primary N) is 1. The Morgan fingerprint density at radius 2 is 2.55 bits per heavy atom. The number of hydrogen-bond donors (Lipinski definition) is 1. The van der Waals surface area contributed by atoms with Gasteiger partial charge in [0.25, 0.3) is 0 Å². The van der Waals surface area contributed by atoms with E-state index in [1.165, 1.54) is 18.4 Å². The second-order valence-corrected chi connectivity index (χ2v) is 3.27. The molecule has 2 rings (SSSR count). The van der Waals surface area contributed by atoms with Crippen LogP contribution in [0.5, 0.6) is 0 Å². The van der Waals surface area contributed by atoms with Crippen molar-refractivity contribution in [2.75, 3.05) is 13.1 Å². The summed E-state index contributed by atoms with van der Waals surface area (Å²) in [5.74, 6) is 0.627. The predicted octanol–water partition coefficient (Wildman–Crippen LogP) is 0.717. The fourth-order valence-corrected chi connectivity index (χ4v) is 1.94. The molecular weight excluding hydrogens is 140 g/mol. The van der Waals surface area contributed by atoms with E-state index in [1.807, 2.05) is 0 Å². The van der Waals surface area contributed by atoms with Crippen molar-refractivity contribution in [3.05, 3.63) is 11.6 Å². The Morgan fingerprint density at radius 3 is 3.18 bits per heavy atom. The standard InChI is InChI=1S/C8H12N2O/c9-8(11)10-4-6-2-1-3-7(6)5-10/h2,7H,1,3-5H2,(H2,9,11). The molecule has 1 atom stereocenters. The van der Waals surface area contributed by atoms with Crippen LogP contribution in [-0.4, -0.2) is 24.0 Å². The number of fused-ring (bicyclic) bond motifs is 1. The molecule has 2 N–H and O–H groups in total. The normalized spacial score (nSPS) is 28.5. The van der Waals surface area contributed by atoms with Crippen LogP contribution in [0.4, 0.5) is 4.79 Å². The van der Waals surface area contributed by atoms with E-state index in [4.69, 9.17) is 5.73 Å². The molecule has 0 aromatic carbocycles. The number of nitrogens with zero attached hydrogens (tertiary/aromatic N) is 1. The van der Waals surface area contributed by atoms with Crippen LogP contribution in [0.1, 0.15) is 12.8 Å². The quantitative estimate of drug-likeness (QED) is 0.511. The summed E-state index contributed by atoms with van der Waals surface area (Å²) in [7, 11) is 0. The molecule has 0 aromatic rings. The summed E-state index contributed by atoms with van der Waals surface area (Å²) < 4.78 is 0.